The zero-order chi connectivity index (χ0) is 14.7. The van der Waals surface area contributed by atoms with Crippen molar-refractivity contribution in [1.29, 1.82) is 0 Å². The van der Waals surface area contributed by atoms with Crippen molar-refractivity contribution in [3.63, 3.8) is 0 Å². The molecular formula is C14H22FNO2S. The van der Waals surface area contributed by atoms with Crippen molar-refractivity contribution in [3.8, 4) is 0 Å². The van der Waals surface area contributed by atoms with E-state index >= 15 is 0 Å². The van der Waals surface area contributed by atoms with Gasteiger partial charge in [-0.05, 0) is 45.2 Å². The van der Waals surface area contributed by atoms with E-state index in [9.17, 15) is 12.8 Å². The summed E-state index contributed by atoms with van der Waals surface area (Å²) in [6.07, 6.45) is 0.695. The summed E-state index contributed by atoms with van der Waals surface area (Å²) in [7, 11) is -3.17. The molecule has 1 unspecified atom stereocenters. The van der Waals surface area contributed by atoms with Crippen molar-refractivity contribution < 1.29 is 12.8 Å². The average molecular weight is 287 g/mol. The lowest BCUT2D eigenvalue weighted by Gasteiger charge is -2.20. The van der Waals surface area contributed by atoms with Crippen molar-refractivity contribution >= 4 is 9.84 Å². The minimum absolute atomic E-state index is 0.0338. The number of nitrogens with two attached hydrogens (primary N) is 1. The molecule has 1 aromatic carbocycles. The van der Waals surface area contributed by atoms with Crippen LogP contribution in [0.15, 0.2) is 24.3 Å². The van der Waals surface area contributed by atoms with E-state index in [0.29, 0.717) is 18.4 Å². The first kappa shape index (κ1) is 16.1. The van der Waals surface area contributed by atoms with Crippen LogP contribution in [0.4, 0.5) is 4.39 Å². The SMILES string of the molecule is CC(C)(C)S(=O)(=O)CCC(N)Cc1ccccc1F. The fourth-order valence-corrected chi connectivity index (χ4v) is 2.89. The number of benzene rings is 1. The fourth-order valence-electron chi connectivity index (χ4n) is 1.66. The van der Waals surface area contributed by atoms with Gasteiger partial charge in [0.2, 0.25) is 0 Å². The number of rotatable bonds is 5. The van der Waals surface area contributed by atoms with Gasteiger partial charge in [0.1, 0.15) is 5.82 Å². The molecule has 0 saturated carbocycles. The van der Waals surface area contributed by atoms with Crippen LogP contribution in [0.25, 0.3) is 0 Å². The van der Waals surface area contributed by atoms with E-state index in [1.165, 1.54) is 6.07 Å². The Morgan fingerprint density at radius 1 is 1.26 bits per heavy atom. The molecule has 0 radical (unpaired) electrons. The van der Waals surface area contributed by atoms with Crippen LogP contribution < -0.4 is 5.73 Å². The minimum atomic E-state index is -3.17. The predicted octanol–water partition coefficient (Wildman–Crippen LogP) is 2.30. The van der Waals surface area contributed by atoms with Gasteiger partial charge in [-0.25, -0.2) is 12.8 Å². The first-order chi connectivity index (χ1) is 8.63. The highest BCUT2D eigenvalue weighted by Crippen LogP contribution is 2.18. The molecule has 0 aliphatic heterocycles. The molecule has 0 aliphatic rings. The highest BCUT2D eigenvalue weighted by Gasteiger charge is 2.28. The van der Waals surface area contributed by atoms with Crippen LogP contribution in [0.2, 0.25) is 0 Å². The quantitative estimate of drug-likeness (QED) is 0.904. The van der Waals surface area contributed by atoms with E-state index in [-0.39, 0.29) is 17.6 Å². The summed E-state index contributed by atoms with van der Waals surface area (Å²) in [6, 6.07) is 6.07. The molecule has 5 heteroatoms. The lowest BCUT2D eigenvalue weighted by molar-refractivity contribution is 0.544. The maximum Gasteiger partial charge on any atom is 0.155 e. The Kier molecular flexibility index (Phi) is 5.10. The number of sulfone groups is 1. The molecular weight excluding hydrogens is 265 g/mol. The lowest BCUT2D eigenvalue weighted by atomic mass is 10.0. The maximum atomic E-state index is 13.4. The van der Waals surface area contributed by atoms with Gasteiger partial charge in [0.15, 0.2) is 9.84 Å². The molecule has 1 rings (SSSR count). The van der Waals surface area contributed by atoms with Crippen LogP contribution in [-0.2, 0) is 16.3 Å². The third-order valence-electron chi connectivity index (χ3n) is 3.13. The maximum absolute atomic E-state index is 13.4. The normalized spacial score (nSPS) is 14.4. The summed E-state index contributed by atoms with van der Waals surface area (Å²) in [4.78, 5) is 0. The van der Waals surface area contributed by atoms with Crippen LogP contribution in [0.1, 0.15) is 32.8 Å². The van der Waals surface area contributed by atoms with E-state index in [0.717, 1.165) is 0 Å². The molecule has 0 saturated heterocycles. The Labute approximate surface area is 114 Å². The Hall–Kier alpha value is -0.940. The van der Waals surface area contributed by atoms with Gasteiger partial charge in [0, 0.05) is 6.04 Å². The highest BCUT2D eigenvalue weighted by atomic mass is 32.2. The monoisotopic (exact) mass is 287 g/mol. The van der Waals surface area contributed by atoms with Crippen molar-refractivity contribution in [2.45, 2.75) is 44.4 Å². The summed E-state index contributed by atoms with van der Waals surface area (Å²) >= 11 is 0. The minimum Gasteiger partial charge on any atom is -0.327 e. The zero-order valence-electron chi connectivity index (χ0n) is 11.7. The third-order valence-corrected chi connectivity index (χ3v) is 5.77. The Bertz CT molecular complexity index is 520. The molecule has 0 heterocycles. The zero-order valence-corrected chi connectivity index (χ0v) is 12.5. The van der Waals surface area contributed by atoms with Gasteiger partial charge in [-0.15, -0.1) is 0 Å². The van der Waals surface area contributed by atoms with Gasteiger partial charge >= 0.3 is 0 Å². The second-order valence-electron chi connectivity index (χ2n) is 5.78. The van der Waals surface area contributed by atoms with E-state index < -0.39 is 14.6 Å². The van der Waals surface area contributed by atoms with Gasteiger partial charge in [0.25, 0.3) is 0 Å². The van der Waals surface area contributed by atoms with Crippen LogP contribution in [-0.4, -0.2) is 25.0 Å². The van der Waals surface area contributed by atoms with Crippen LogP contribution >= 0.6 is 0 Å². The van der Waals surface area contributed by atoms with E-state index in [1.54, 1.807) is 39.0 Å². The van der Waals surface area contributed by atoms with Crippen LogP contribution in [0.3, 0.4) is 0 Å². The molecule has 0 bridgehead atoms. The molecule has 2 N–H and O–H groups in total. The first-order valence-corrected chi connectivity index (χ1v) is 8.00. The van der Waals surface area contributed by atoms with E-state index in [1.807, 2.05) is 0 Å². The van der Waals surface area contributed by atoms with Gasteiger partial charge in [0.05, 0.1) is 10.5 Å². The van der Waals surface area contributed by atoms with Gasteiger partial charge < -0.3 is 5.73 Å². The average Bonchev–Trinajstić information content (AvgIpc) is 2.28. The van der Waals surface area contributed by atoms with Crippen LogP contribution in [0, 0.1) is 5.82 Å². The smallest absolute Gasteiger partial charge is 0.155 e. The second-order valence-corrected chi connectivity index (χ2v) is 8.64. The summed E-state index contributed by atoms with van der Waals surface area (Å²) < 4.78 is 36.6. The summed E-state index contributed by atoms with van der Waals surface area (Å²) in [5.41, 5.74) is 6.42. The lowest BCUT2D eigenvalue weighted by Crippen LogP contribution is -2.34. The third kappa shape index (κ3) is 4.58. The predicted molar refractivity (Wildman–Crippen MR) is 76.2 cm³/mol. The molecule has 1 atom stereocenters. The molecule has 0 aromatic heterocycles. The molecule has 0 spiro atoms. The molecule has 19 heavy (non-hydrogen) atoms. The van der Waals surface area contributed by atoms with E-state index in [2.05, 4.69) is 0 Å². The number of hydrogen-bond acceptors (Lipinski definition) is 3. The second kappa shape index (κ2) is 6.01. The Balaban J connectivity index is 2.59. The van der Waals surface area contributed by atoms with Crippen molar-refractivity contribution in [1.82, 2.24) is 0 Å². The summed E-state index contributed by atoms with van der Waals surface area (Å²) in [6.45, 7) is 5.01. The van der Waals surface area contributed by atoms with Gasteiger partial charge in [-0.2, -0.15) is 0 Å². The topological polar surface area (TPSA) is 60.2 Å². The van der Waals surface area contributed by atoms with Crippen molar-refractivity contribution in [2.75, 3.05) is 5.75 Å². The largest absolute Gasteiger partial charge is 0.327 e. The standard InChI is InChI=1S/C14H22FNO2S/c1-14(2,3)19(17,18)9-8-12(16)10-11-6-4-5-7-13(11)15/h4-7,12H,8-10,16H2,1-3H3. The highest BCUT2D eigenvalue weighted by molar-refractivity contribution is 7.92. The molecule has 1 aromatic rings. The number of halogens is 1. The van der Waals surface area contributed by atoms with E-state index in [4.69, 9.17) is 5.73 Å². The molecule has 0 aliphatic carbocycles. The Morgan fingerprint density at radius 3 is 2.37 bits per heavy atom. The first-order valence-electron chi connectivity index (χ1n) is 6.35. The Morgan fingerprint density at radius 2 is 1.84 bits per heavy atom. The summed E-state index contributed by atoms with van der Waals surface area (Å²) in [5, 5.41) is 0. The fraction of sp³-hybridized carbons (Fsp3) is 0.571. The van der Waals surface area contributed by atoms with Crippen molar-refractivity contribution in [3.05, 3.63) is 35.6 Å². The summed E-state index contributed by atoms with van der Waals surface area (Å²) in [5.74, 6) is -0.261. The van der Waals surface area contributed by atoms with Gasteiger partial charge in [-0.3, -0.25) is 0 Å². The number of hydrogen-bond donors (Lipinski definition) is 1. The molecule has 3 nitrogen and oxygen atoms in total. The van der Waals surface area contributed by atoms with Crippen molar-refractivity contribution in [2.24, 2.45) is 5.73 Å². The van der Waals surface area contributed by atoms with Crippen LogP contribution in [0.5, 0.6) is 0 Å². The van der Waals surface area contributed by atoms with Gasteiger partial charge in [-0.1, -0.05) is 18.2 Å². The molecule has 0 fully saturated rings. The molecule has 0 amide bonds. The molecule has 108 valence electrons.